The molecule has 0 radical (unpaired) electrons. The highest BCUT2D eigenvalue weighted by molar-refractivity contribution is 5.80. The molecule has 104 valence electrons. The minimum absolute atomic E-state index is 0.0269. The van der Waals surface area contributed by atoms with Crippen LogP contribution in [0.25, 0.3) is 0 Å². The van der Waals surface area contributed by atoms with Gasteiger partial charge in [0.2, 0.25) is 0 Å². The van der Waals surface area contributed by atoms with Gasteiger partial charge in [-0.05, 0) is 45.4 Å². The van der Waals surface area contributed by atoms with Crippen molar-refractivity contribution in [2.75, 3.05) is 6.54 Å². The van der Waals surface area contributed by atoms with Gasteiger partial charge in [-0.25, -0.2) is 4.79 Å². The van der Waals surface area contributed by atoms with Crippen molar-refractivity contribution in [1.29, 1.82) is 0 Å². The van der Waals surface area contributed by atoms with E-state index in [9.17, 15) is 9.59 Å². The Morgan fingerprint density at radius 1 is 1.33 bits per heavy atom. The molecule has 1 amide bonds. The zero-order chi connectivity index (χ0) is 14.1. The van der Waals surface area contributed by atoms with E-state index in [4.69, 9.17) is 4.74 Å². The lowest BCUT2D eigenvalue weighted by Crippen LogP contribution is -2.52. The summed E-state index contributed by atoms with van der Waals surface area (Å²) >= 11 is 0. The topological polar surface area (TPSA) is 55.4 Å². The summed E-state index contributed by atoms with van der Waals surface area (Å²) in [6, 6.07) is 0. The maximum Gasteiger partial charge on any atom is 0.407 e. The lowest BCUT2D eigenvalue weighted by Gasteiger charge is -2.51. The summed E-state index contributed by atoms with van der Waals surface area (Å²) in [5.41, 5.74) is -0.498. The fraction of sp³-hybridized carbons (Fsp3) is 0.857. The normalized spacial score (nSPS) is 26.1. The van der Waals surface area contributed by atoms with Crippen molar-refractivity contribution in [2.24, 2.45) is 17.3 Å². The van der Waals surface area contributed by atoms with Crippen LogP contribution in [0.15, 0.2) is 0 Å². The van der Waals surface area contributed by atoms with Gasteiger partial charge in [-0.3, -0.25) is 4.79 Å². The van der Waals surface area contributed by atoms with Crippen molar-refractivity contribution < 1.29 is 14.3 Å². The standard InChI is InChI=1S/C14H25NO3/c1-9(16)11-7-10(14(11,5)6)8-15-12(17)18-13(2,3)4/h10-11H,7-8H2,1-6H3,(H,15,17)/t10-,11-/m0/s1. The van der Waals surface area contributed by atoms with Crippen LogP contribution in [-0.4, -0.2) is 24.0 Å². The fourth-order valence-corrected chi connectivity index (χ4v) is 2.57. The van der Waals surface area contributed by atoms with E-state index in [0.717, 1.165) is 6.42 Å². The molecule has 1 fully saturated rings. The molecule has 4 nitrogen and oxygen atoms in total. The van der Waals surface area contributed by atoms with Gasteiger partial charge in [0.05, 0.1) is 0 Å². The number of amides is 1. The summed E-state index contributed by atoms with van der Waals surface area (Å²) in [7, 11) is 0. The van der Waals surface area contributed by atoms with Gasteiger partial charge in [0, 0.05) is 12.5 Å². The monoisotopic (exact) mass is 255 g/mol. The Kier molecular flexibility index (Phi) is 4.08. The number of alkyl carbamates (subject to hydrolysis) is 1. The SMILES string of the molecule is CC(=O)[C@@H]1C[C@@H](CNC(=O)OC(C)(C)C)C1(C)C. The lowest BCUT2D eigenvalue weighted by molar-refractivity contribution is -0.135. The molecule has 0 aromatic rings. The van der Waals surface area contributed by atoms with Crippen LogP contribution >= 0.6 is 0 Å². The predicted octanol–water partition coefficient (Wildman–Crippen LogP) is 2.76. The van der Waals surface area contributed by atoms with Crippen LogP contribution in [0, 0.1) is 17.3 Å². The second-order valence-electron chi connectivity index (χ2n) is 6.80. The third-order valence-corrected chi connectivity index (χ3v) is 3.85. The van der Waals surface area contributed by atoms with Crippen molar-refractivity contribution >= 4 is 11.9 Å². The van der Waals surface area contributed by atoms with Crippen molar-refractivity contribution in [1.82, 2.24) is 5.32 Å². The molecule has 0 bridgehead atoms. The number of ether oxygens (including phenoxy) is 1. The Labute approximate surface area is 109 Å². The van der Waals surface area contributed by atoms with Gasteiger partial charge in [0.25, 0.3) is 0 Å². The van der Waals surface area contributed by atoms with Gasteiger partial charge in [0.15, 0.2) is 0 Å². The number of hydrogen-bond donors (Lipinski definition) is 1. The van der Waals surface area contributed by atoms with Crippen LogP contribution in [0.2, 0.25) is 0 Å². The highest BCUT2D eigenvalue weighted by Crippen LogP contribution is 2.51. The van der Waals surface area contributed by atoms with Crippen LogP contribution < -0.4 is 5.32 Å². The first-order valence-corrected chi connectivity index (χ1v) is 6.51. The summed E-state index contributed by atoms with van der Waals surface area (Å²) in [6.07, 6.45) is 0.475. The zero-order valence-electron chi connectivity index (χ0n) is 12.3. The molecule has 2 atom stereocenters. The molecule has 0 aromatic heterocycles. The van der Waals surface area contributed by atoms with Crippen LogP contribution in [0.3, 0.4) is 0 Å². The number of carbonyl (C=O) groups is 2. The van der Waals surface area contributed by atoms with E-state index in [2.05, 4.69) is 19.2 Å². The Hall–Kier alpha value is -1.06. The molecule has 0 aromatic carbocycles. The Morgan fingerprint density at radius 2 is 1.89 bits per heavy atom. The first-order chi connectivity index (χ1) is 8.04. The molecule has 0 aliphatic heterocycles. The maximum atomic E-state index is 11.5. The number of ketones is 1. The Morgan fingerprint density at radius 3 is 2.28 bits per heavy atom. The van der Waals surface area contributed by atoms with Gasteiger partial charge in [-0.1, -0.05) is 13.8 Å². The second-order valence-corrected chi connectivity index (χ2v) is 6.80. The minimum Gasteiger partial charge on any atom is -0.444 e. The molecule has 0 saturated heterocycles. The van der Waals surface area contributed by atoms with Crippen molar-refractivity contribution in [3.05, 3.63) is 0 Å². The van der Waals surface area contributed by atoms with E-state index >= 15 is 0 Å². The highest BCUT2D eigenvalue weighted by atomic mass is 16.6. The van der Waals surface area contributed by atoms with Gasteiger partial charge in [0.1, 0.15) is 11.4 Å². The summed E-state index contributed by atoms with van der Waals surface area (Å²) in [4.78, 5) is 22.9. The molecule has 1 N–H and O–H groups in total. The molecule has 1 aliphatic rings. The summed E-state index contributed by atoms with van der Waals surface area (Å²) in [6.45, 7) is 11.9. The highest BCUT2D eigenvalue weighted by Gasteiger charge is 2.49. The average Bonchev–Trinajstić information content (AvgIpc) is 2.12. The number of hydrogen-bond acceptors (Lipinski definition) is 3. The van der Waals surface area contributed by atoms with E-state index in [1.807, 2.05) is 20.8 Å². The van der Waals surface area contributed by atoms with Gasteiger partial charge in [-0.2, -0.15) is 0 Å². The van der Waals surface area contributed by atoms with E-state index in [0.29, 0.717) is 12.5 Å². The summed E-state index contributed by atoms with van der Waals surface area (Å²) < 4.78 is 5.18. The number of rotatable bonds is 3. The van der Waals surface area contributed by atoms with Gasteiger partial charge >= 0.3 is 6.09 Å². The van der Waals surface area contributed by atoms with Gasteiger partial charge < -0.3 is 10.1 Å². The molecule has 0 heterocycles. The van der Waals surface area contributed by atoms with E-state index in [1.54, 1.807) is 6.92 Å². The van der Waals surface area contributed by atoms with Crippen LogP contribution in [0.5, 0.6) is 0 Å². The maximum absolute atomic E-state index is 11.5. The van der Waals surface area contributed by atoms with Crippen molar-refractivity contribution in [3.63, 3.8) is 0 Å². The second kappa shape index (κ2) is 4.90. The first-order valence-electron chi connectivity index (χ1n) is 6.51. The van der Waals surface area contributed by atoms with Gasteiger partial charge in [-0.15, -0.1) is 0 Å². The predicted molar refractivity (Wildman–Crippen MR) is 70.3 cm³/mol. The van der Waals surface area contributed by atoms with Crippen molar-refractivity contribution in [2.45, 2.75) is 53.6 Å². The lowest BCUT2D eigenvalue weighted by atomic mass is 9.53. The summed E-state index contributed by atoms with van der Waals surface area (Å²) in [5.74, 6) is 0.718. The molecule has 18 heavy (non-hydrogen) atoms. The van der Waals surface area contributed by atoms with Crippen LogP contribution in [-0.2, 0) is 9.53 Å². The average molecular weight is 255 g/mol. The summed E-state index contributed by atoms with van der Waals surface area (Å²) in [5, 5.41) is 2.78. The number of carbonyl (C=O) groups excluding carboxylic acids is 2. The first kappa shape index (κ1) is 15.0. The third-order valence-electron chi connectivity index (χ3n) is 3.85. The molecule has 1 rings (SSSR count). The minimum atomic E-state index is -0.471. The molecule has 0 spiro atoms. The third kappa shape index (κ3) is 3.47. The molecule has 1 saturated carbocycles. The number of Topliss-reactive ketones (excluding diaryl/α,β-unsaturated/α-hetero) is 1. The van der Waals surface area contributed by atoms with E-state index in [-0.39, 0.29) is 23.2 Å². The fourth-order valence-electron chi connectivity index (χ4n) is 2.57. The largest absolute Gasteiger partial charge is 0.444 e. The van der Waals surface area contributed by atoms with E-state index in [1.165, 1.54) is 0 Å². The number of nitrogens with one attached hydrogen (secondary N) is 1. The molecule has 0 unspecified atom stereocenters. The molecular weight excluding hydrogens is 230 g/mol. The molecule has 4 heteroatoms. The Bertz CT molecular complexity index is 341. The van der Waals surface area contributed by atoms with Crippen LogP contribution in [0.1, 0.15) is 48.0 Å². The molecule has 1 aliphatic carbocycles. The molecular formula is C14H25NO3. The van der Waals surface area contributed by atoms with E-state index < -0.39 is 5.60 Å². The zero-order valence-corrected chi connectivity index (χ0v) is 12.3. The van der Waals surface area contributed by atoms with Crippen LogP contribution in [0.4, 0.5) is 4.79 Å². The van der Waals surface area contributed by atoms with Crippen molar-refractivity contribution in [3.8, 4) is 0 Å². The quantitative estimate of drug-likeness (QED) is 0.843. The Balaban J connectivity index is 2.39. The smallest absolute Gasteiger partial charge is 0.407 e.